The van der Waals surface area contributed by atoms with Gasteiger partial charge < -0.3 is 109 Å². The van der Waals surface area contributed by atoms with Crippen LogP contribution in [0.2, 0.25) is 0 Å². The van der Waals surface area contributed by atoms with Gasteiger partial charge in [0.15, 0.2) is 11.6 Å². The molecule has 0 saturated carbocycles. The summed E-state index contributed by atoms with van der Waals surface area (Å²) in [6.45, 7) is 12.5. The van der Waals surface area contributed by atoms with Crippen molar-refractivity contribution in [2.45, 2.75) is 250 Å². The van der Waals surface area contributed by atoms with E-state index in [1.807, 2.05) is 6.92 Å². The monoisotopic (exact) mass is 1840 g/mol. The van der Waals surface area contributed by atoms with Crippen molar-refractivity contribution in [3.63, 3.8) is 0 Å². The van der Waals surface area contributed by atoms with Gasteiger partial charge in [0, 0.05) is 99.9 Å². The lowest BCUT2D eigenvalue weighted by molar-refractivity contribution is -0.172. The van der Waals surface area contributed by atoms with Gasteiger partial charge in [0.05, 0.1) is 55.2 Å². The molecular formula is C90H125N19O23. The maximum atomic E-state index is 14.7. The highest BCUT2D eigenvalue weighted by Crippen LogP contribution is 2.41. The Bertz CT molecular complexity index is 4980. The Morgan fingerprint density at radius 3 is 1.95 bits per heavy atom. The largest absolute Gasteiger partial charge is 0.460 e. The molecule has 4 aliphatic rings. The lowest BCUT2D eigenvalue weighted by atomic mass is 9.86. The second-order valence-corrected chi connectivity index (χ2v) is 34.1. The van der Waals surface area contributed by atoms with Crippen LogP contribution in [0.25, 0.3) is 22.3 Å². The SMILES string of the molecule is CCCc1c2c(nc3ccc(NC(=O)[C@H](C)NC(=O)[C@@H](NC(=O)[C@H](CCC(=O)NCCCC[C@@H]4NC(=O)[C@@H](Cc5ccccc5)NC(=O)[C@H](CC(=O)OC(C)(C)C)NC(=O)CNC(=O)[C@H](CCCNC(=N)N)NC4=O)NC(=O)CCCNC(=O)[C@H](CCCCNC(=O)COCCOC)NC(=O)CCCN4C(=O)C=CC4=O)C(C)C)cc13)-c1cc3c(c(=O)n1C2)COC(=O)[C@]3(O)CC. The first kappa shape index (κ1) is 104. The number of benzene rings is 2. The fraction of sp³-hybridized carbons (Fsp3) is 0.556. The molecule has 1 saturated heterocycles. The molecule has 8 rings (SSSR count). The average molecular weight is 1840 g/mol. The van der Waals surface area contributed by atoms with Crippen molar-refractivity contribution in [3.8, 4) is 11.4 Å². The van der Waals surface area contributed by atoms with E-state index in [-0.39, 0.29) is 166 Å². The number of unbranched alkanes of at least 4 members (excludes halogenated alkanes) is 2. The maximum Gasteiger partial charge on any atom is 0.343 e. The van der Waals surface area contributed by atoms with Crippen LogP contribution in [0.4, 0.5) is 5.69 Å². The standard InChI is InChI=1S/C90H125N19O23/c1-10-22-55-56-44-54(30-31-60(56)103-77-57(55)48-109-67(77)45-59-58(86(109)126)49-131-87(127)90(59,128)11-2)99-78(118)52(5)98-85(125)76(51(3)4)107-82(122)64(101-69(111)28-20-38-95-79(119)61(25-15-18-37-94-72(114)50-130-42-41-129-9)100-70(112)29-21-40-108-73(115)34-35-74(108)116)32-33-68(110)93-36-17-16-26-63-81(121)104-62(27-19-39-96-88(91)92)80(120)97-47-71(113)102-66(46-75(117)132-89(6,7)8)84(124)106-65(83(123)105-63)43-53-23-13-12-14-24-53/h12-14,23-24,30-31,34-35,44-45,51-52,61-66,76,128H,10-11,15-22,25-29,32-33,36-43,46-50H2,1-9H3,(H,93,110)(H,94,114)(H,95,119)(H,97,120)(H,98,125)(H,99,118)(H,100,112)(H,101,111)(H,102,113)(H,104,121)(H,105,123)(H,106,124)(H,107,122)(H4,91,92,96)/t52-,61-,62-,63-,64-,65+,66-,76-,90-/m0/s1. The zero-order valence-corrected chi connectivity index (χ0v) is 76.1. The van der Waals surface area contributed by atoms with Gasteiger partial charge in [-0.3, -0.25) is 91.8 Å². The number of amides is 15. The van der Waals surface area contributed by atoms with Gasteiger partial charge in [-0.2, -0.15) is 0 Å². The predicted molar refractivity (Wildman–Crippen MR) is 479 cm³/mol. The molecule has 0 spiro atoms. The van der Waals surface area contributed by atoms with Gasteiger partial charge in [-0.1, -0.05) is 64.4 Å². The molecule has 2 aromatic carbocycles. The Kier molecular flexibility index (Phi) is 39.7. The zero-order chi connectivity index (χ0) is 96.5. The van der Waals surface area contributed by atoms with Crippen molar-refractivity contribution >= 4 is 123 Å². The number of aromatic nitrogens is 2. The molecular weight excluding hydrogens is 1720 g/mol. The minimum Gasteiger partial charge on any atom is -0.460 e. The number of pyridine rings is 2. The molecule has 1 fully saturated rings. The first-order valence-corrected chi connectivity index (χ1v) is 44.7. The Labute approximate surface area is 763 Å². The molecule has 132 heavy (non-hydrogen) atoms. The molecule has 42 heteroatoms. The minimum absolute atomic E-state index is 0.0389. The van der Waals surface area contributed by atoms with Gasteiger partial charge in [-0.25, -0.2) is 9.78 Å². The van der Waals surface area contributed by atoms with Gasteiger partial charge in [0.2, 0.25) is 76.8 Å². The van der Waals surface area contributed by atoms with E-state index in [0.29, 0.717) is 65.8 Å². The van der Waals surface area contributed by atoms with Crippen LogP contribution in [0, 0.1) is 11.3 Å². The number of ether oxygens (including phenoxy) is 4. The summed E-state index contributed by atoms with van der Waals surface area (Å²) in [7, 11) is 1.49. The lowest BCUT2D eigenvalue weighted by Gasteiger charge is -2.31. The van der Waals surface area contributed by atoms with Crippen LogP contribution in [0.3, 0.4) is 0 Å². The molecule has 4 aliphatic heterocycles. The second kappa shape index (κ2) is 50.3. The summed E-state index contributed by atoms with van der Waals surface area (Å²) >= 11 is 0. The Hall–Kier alpha value is -13.1. The molecule has 4 aromatic rings. The van der Waals surface area contributed by atoms with Crippen molar-refractivity contribution < 1.29 is 106 Å². The number of fused-ring (bicyclic) bond motifs is 5. The van der Waals surface area contributed by atoms with Crippen molar-refractivity contribution in [3.05, 3.63) is 105 Å². The average Bonchev–Trinajstić information content (AvgIpc) is 1.54. The van der Waals surface area contributed by atoms with Crippen LogP contribution >= 0.6 is 0 Å². The van der Waals surface area contributed by atoms with E-state index < -0.39 is 185 Å². The summed E-state index contributed by atoms with van der Waals surface area (Å²) in [6.07, 6.45) is 2.33. The number of aliphatic hydroxyl groups is 1. The molecule has 2 aromatic heterocycles. The third-order valence-electron chi connectivity index (χ3n) is 22.3. The highest BCUT2D eigenvalue weighted by atomic mass is 16.6. The Morgan fingerprint density at radius 1 is 0.652 bits per heavy atom. The number of carbonyl (C=O) groups excluding carboxylic acids is 17. The zero-order valence-electron chi connectivity index (χ0n) is 76.1. The molecule has 718 valence electrons. The van der Waals surface area contributed by atoms with E-state index in [0.717, 1.165) is 28.2 Å². The third-order valence-corrected chi connectivity index (χ3v) is 22.3. The number of rotatable bonds is 47. The van der Waals surface area contributed by atoms with E-state index in [2.05, 4.69) is 74.4 Å². The van der Waals surface area contributed by atoms with Gasteiger partial charge in [0.1, 0.15) is 67.1 Å². The van der Waals surface area contributed by atoms with E-state index in [9.17, 15) is 91.4 Å². The van der Waals surface area contributed by atoms with Crippen molar-refractivity contribution in [1.82, 2.24) is 83.6 Å². The topological polar surface area (TPSA) is 604 Å². The Balaban J connectivity index is 0.961. The molecule has 42 nitrogen and oxygen atoms in total. The summed E-state index contributed by atoms with van der Waals surface area (Å²) in [5.74, 6) is -13.6. The number of anilines is 1. The molecule has 18 N–H and O–H groups in total. The van der Waals surface area contributed by atoms with Crippen molar-refractivity contribution in [2.24, 2.45) is 11.7 Å². The predicted octanol–water partition coefficient (Wildman–Crippen LogP) is -0.490. The second-order valence-electron chi connectivity index (χ2n) is 34.1. The molecule has 6 heterocycles. The lowest BCUT2D eigenvalue weighted by Crippen LogP contribution is -2.58. The summed E-state index contributed by atoms with van der Waals surface area (Å²) in [5.41, 5.74) is 6.28. The number of carbonyl (C=O) groups is 17. The normalized spacial score (nSPS) is 18.3. The van der Waals surface area contributed by atoms with Crippen LogP contribution in [-0.4, -0.2) is 246 Å². The number of imide groups is 1. The maximum absolute atomic E-state index is 14.7. The Morgan fingerprint density at radius 2 is 1.28 bits per heavy atom. The van der Waals surface area contributed by atoms with Crippen LogP contribution in [0.15, 0.2) is 71.5 Å². The molecule has 9 atom stereocenters. The number of nitrogens with one attached hydrogen (secondary N) is 15. The van der Waals surface area contributed by atoms with Crippen LogP contribution in [0.1, 0.15) is 192 Å². The number of methoxy groups -OCH3 is 1. The molecule has 0 bridgehead atoms. The first-order chi connectivity index (χ1) is 62.8. The van der Waals surface area contributed by atoms with Crippen molar-refractivity contribution in [2.75, 3.05) is 71.5 Å². The van der Waals surface area contributed by atoms with Crippen molar-refractivity contribution in [1.29, 1.82) is 5.41 Å². The van der Waals surface area contributed by atoms with Crippen LogP contribution in [0.5, 0.6) is 0 Å². The number of nitrogens with zero attached hydrogens (tertiary/aromatic N) is 3. The van der Waals surface area contributed by atoms with E-state index >= 15 is 0 Å². The molecule has 0 unspecified atom stereocenters. The van der Waals surface area contributed by atoms with Gasteiger partial charge in [-0.15, -0.1) is 0 Å². The smallest absolute Gasteiger partial charge is 0.343 e. The highest BCUT2D eigenvalue weighted by Gasteiger charge is 2.46. The van der Waals surface area contributed by atoms with Crippen LogP contribution in [-0.2, 0) is 132 Å². The summed E-state index contributed by atoms with van der Waals surface area (Å²) in [4.78, 5) is 252. The van der Waals surface area contributed by atoms with E-state index in [4.69, 9.17) is 35.1 Å². The van der Waals surface area contributed by atoms with Crippen LogP contribution < -0.4 is 85.7 Å². The number of nitrogens with two attached hydrogens (primary N) is 1. The number of hydrogen-bond acceptors (Lipinski definition) is 25. The van der Waals surface area contributed by atoms with Gasteiger partial charge >= 0.3 is 11.9 Å². The van der Waals surface area contributed by atoms with E-state index in [1.165, 1.54) is 14.0 Å². The highest BCUT2D eigenvalue weighted by molar-refractivity contribution is 6.13. The number of aryl methyl sites for hydroxylation is 1. The number of hydrogen-bond donors (Lipinski definition) is 17. The quantitative estimate of drug-likeness (QED) is 0.00768. The summed E-state index contributed by atoms with van der Waals surface area (Å²) in [6, 6.07) is 4.05. The fourth-order valence-corrected chi connectivity index (χ4v) is 15.2. The first-order valence-electron chi connectivity index (χ1n) is 44.7. The molecule has 0 radical (unpaired) electrons. The number of esters is 2. The number of cyclic esters (lactones) is 1. The summed E-state index contributed by atoms with van der Waals surface area (Å²) < 4.78 is 22.5. The van der Waals surface area contributed by atoms with Gasteiger partial charge in [0.25, 0.3) is 17.4 Å². The van der Waals surface area contributed by atoms with Gasteiger partial charge in [-0.05, 0) is 152 Å². The molecule has 15 amide bonds. The van der Waals surface area contributed by atoms with E-state index in [1.54, 1.807) is 101 Å². The minimum atomic E-state index is -2.04. The molecule has 0 aliphatic carbocycles. The third kappa shape index (κ3) is 31.0. The fourth-order valence-electron chi connectivity index (χ4n) is 15.2. The summed E-state index contributed by atoms with van der Waals surface area (Å²) in [5, 5.41) is 57.1. The number of guanidine groups is 1.